The second kappa shape index (κ2) is 7.26. The number of nitrogens with zero attached hydrogens (tertiary/aromatic N) is 2. The van der Waals surface area contributed by atoms with Crippen LogP contribution in [0.3, 0.4) is 0 Å². The number of anilines is 1. The van der Waals surface area contributed by atoms with Crippen LogP contribution in [0.25, 0.3) is 0 Å². The van der Waals surface area contributed by atoms with E-state index in [9.17, 15) is 23.3 Å². The Labute approximate surface area is 152 Å². The Kier molecular flexibility index (Phi) is 5.51. The molecular weight excluding hydrogens is 393 g/mol. The fourth-order valence-corrected chi connectivity index (χ4v) is 3.92. The van der Waals surface area contributed by atoms with Gasteiger partial charge in [0.15, 0.2) is 0 Å². The lowest BCUT2D eigenvalue weighted by Crippen LogP contribution is -2.38. The second-order valence-corrected chi connectivity index (χ2v) is 7.53. The number of nitro groups is 1. The van der Waals surface area contributed by atoms with Gasteiger partial charge in [-0.15, -0.1) is 0 Å². The van der Waals surface area contributed by atoms with Crippen LogP contribution in [0.15, 0.2) is 47.4 Å². The highest BCUT2D eigenvalue weighted by atomic mass is 35.5. The van der Waals surface area contributed by atoms with Crippen LogP contribution in [0.5, 0.6) is 0 Å². The van der Waals surface area contributed by atoms with Gasteiger partial charge in [-0.05, 0) is 24.3 Å². The summed E-state index contributed by atoms with van der Waals surface area (Å²) in [5, 5.41) is 11.1. The fraction of sp³-hybridized carbons (Fsp3) is 0.0714. The summed E-state index contributed by atoms with van der Waals surface area (Å²) in [6.45, 7) is -0.717. The third-order valence-electron chi connectivity index (χ3n) is 3.09. The lowest BCUT2D eigenvalue weighted by molar-refractivity contribution is -0.385. The van der Waals surface area contributed by atoms with Gasteiger partial charge in [0.1, 0.15) is 6.54 Å². The maximum absolute atomic E-state index is 12.9. The van der Waals surface area contributed by atoms with Gasteiger partial charge in [0.05, 0.1) is 20.5 Å². The topological polar surface area (TPSA) is 124 Å². The zero-order valence-electron chi connectivity index (χ0n) is 12.4. The highest BCUT2D eigenvalue weighted by Gasteiger charge is 2.29. The maximum Gasteiger partial charge on any atom is 0.270 e. The van der Waals surface area contributed by atoms with E-state index in [1.807, 2.05) is 0 Å². The van der Waals surface area contributed by atoms with Gasteiger partial charge in [0, 0.05) is 17.2 Å². The number of hydrogen-bond acceptors (Lipinski definition) is 5. The number of hydrogen-bond donors (Lipinski definition) is 1. The zero-order chi connectivity index (χ0) is 18.8. The summed E-state index contributed by atoms with van der Waals surface area (Å²) in [4.78, 5) is 21.1. The average Bonchev–Trinajstić information content (AvgIpc) is 2.55. The Morgan fingerprint density at radius 1 is 1.20 bits per heavy atom. The van der Waals surface area contributed by atoms with Crippen LogP contribution >= 0.6 is 23.2 Å². The van der Waals surface area contributed by atoms with Crippen LogP contribution in [0.1, 0.15) is 0 Å². The molecule has 8 nitrogen and oxygen atoms in total. The molecule has 0 saturated heterocycles. The van der Waals surface area contributed by atoms with E-state index >= 15 is 0 Å². The van der Waals surface area contributed by atoms with Gasteiger partial charge in [0.2, 0.25) is 5.91 Å². The van der Waals surface area contributed by atoms with E-state index in [0.717, 1.165) is 18.2 Å². The van der Waals surface area contributed by atoms with Crippen molar-refractivity contribution in [3.63, 3.8) is 0 Å². The van der Waals surface area contributed by atoms with Crippen LogP contribution in [0, 0.1) is 10.1 Å². The highest BCUT2D eigenvalue weighted by molar-refractivity contribution is 7.92. The first-order valence-corrected chi connectivity index (χ1v) is 8.83. The molecule has 0 radical (unpaired) electrons. The molecule has 0 fully saturated rings. The fourth-order valence-electron chi connectivity index (χ4n) is 2.00. The van der Waals surface area contributed by atoms with Crippen molar-refractivity contribution >= 4 is 50.5 Å². The maximum atomic E-state index is 12.9. The molecule has 11 heteroatoms. The molecule has 0 heterocycles. The zero-order valence-corrected chi connectivity index (χ0v) is 14.8. The first-order valence-electron chi connectivity index (χ1n) is 6.63. The summed E-state index contributed by atoms with van der Waals surface area (Å²) < 4.78 is 26.5. The Balaban J connectivity index is 2.64. The number of nitrogens with two attached hydrogens (primary N) is 1. The number of amides is 1. The molecule has 0 spiro atoms. The normalized spacial score (nSPS) is 11.1. The van der Waals surface area contributed by atoms with Gasteiger partial charge in [0.25, 0.3) is 15.7 Å². The van der Waals surface area contributed by atoms with E-state index in [4.69, 9.17) is 28.9 Å². The van der Waals surface area contributed by atoms with Gasteiger partial charge in [-0.25, -0.2) is 8.42 Å². The summed E-state index contributed by atoms with van der Waals surface area (Å²) >= 11 is 11.9. The van der Waals surface area contributed by atoms with E-state index in [2.05, 4.69) is 0 Å². The van der Waals surface area contributed by atoms with Crippen LogP contribution in [-0.4, -0.2) is 25.8 Å². The first kappa shape index (κ1) is 19.0. The van der Waals surface area contributed by atoms with Crippen LogP contribution in [0.4, 0.5) is 11.4 Å². The molecule has 0 bridgehead atoms. The molecule has 0 aliphatic heterocycles. The number of benzene rings is 2. The van der Waals surface area contributed by atoms with Crippen molar-refractivity contribution in [2.75, 3.05) is 10.8 Å². The Hall–Kier alpha value is -2.36. The van der Waals surface area contributed by atoms with Crippen molar-refractivity contribution < 1.29 is 18.1 Å². The smallest absolute Gasteiger partial charge is 0.270 e. The number of non-ortho nitro benzene ring substituents is 1. The number of rotatable bonds is 6. The van der Waals surface area contributed by atoms with Crippen LogP contribution < -0.4 is 10.0 Å². The number of carbonyl (C=O) groups excluding carboxylic acids is 1. The lowest BCUT2D eigenvalue weighted by Gasteiger charge is -2.24. The minimum absolute atomic E-state index is 0.0136. The third kappa shape index (κ3) is 4.19. The summed E-state index contributed by atoms with van der Waals surface area (Å²) in [6, 6.07) is 8.45. The Morgan fingerprint density at radius 2 is 1.88 bits per heavy atom. The molecule has 25 heavy (non-hydrogen) atoms. The minimum Gasteiger partial charge on any atom is -0.368 e. The standard InChI is InChI=1S/C14H11Cl2N3O5S/c15-9-4-5-12(16)13(6-9)18(8-14(17)20)25(23,24)11-3-1-2-10(7-11)19(21)22/h1-7H,8H2,(H2,17,20). The molecular formula is C14H11Cl2N3O5S. The van der Waals surface area contributed by atoms with Crippen LogP contribution in [-0.2, 0) is 14.8 Å². The second-order valence-electron chi connectivity index (χ2n) is 4.83. The molecule has 2 rings (SSSR count). The molecule has 132 valence electrons. The van der Waals surface area contributed by atoms with E-state index in [-0.39, 0.29) is 20.6 Å². The van der Waals surface area contributed by atoms with Crippen molar-refractivity contribution in [3.8, 4) is 0 Å². The minimum atomic E-state index is -4.36. The van der Waals surface area contributed by atoms with Crippen molar-refractivity contribution in [2.45, 2.75) is 4.90 Å². The predicted octanol–water partition coefficient (Wildman–Crippen LogP) is 2.58. The summed E-state index contributed by atoms with van der Waals surface area (Å²) in [5.41, 5.74) is 4.65. The summed E-state index contributed by atoms with van der Waals surface area (Å²) in [6.07, 6.45) is 0. The number of sulfonamides is 1. The highest BCUT2D eigenvalue weighted by Crippen LogP contribution is 2.33. The van der Waals surface area contributed by atoms with Crippen molar-refractivity contribution in [2.24, 2.45) is 5.73 Å². The quantitative estimate of drug-likeness (QED) is 0.586. The Morgan fingerprint density at radius 3 is 2.48 bits per heavy atom. The van der Waals surface area contributed by atoms with Crippen LogP contribution in [0.2, 0.25) is 10.0 Å². The van der Waals surface area contributed by atoms with Gasteiger partial charge in [-0.2, -0.15) is 0 Å². The first-order chi connectivity index (χ1) is 11.6. The van der Waals surface area contributed by atoms with Crippen molar-refractivity contribution in [3.05, 3.63) is 62.6 Å². The summed E-state index contributed by atoms with van der Waals surface area (Å²) in [5.74, 6) is -0.940. The van der Waals surface area contributed by atoms with Crippen molar-refractivity contribution in [1.82, 2.24) is 0 Å². The summed E-state index contributed by atoms with van der Waals surface area (Å²) in [7, 11) is -4.36. The number of halogens is 2. The molecule has 0 atom stereocenters. The largest absolute Gasteiger partial charge is 0.368 e. The molecule has 2 N–H and O–H groups in total. The van der Waals surface area contributed by atoms with E-state index < -0.39 is 33.1 Å². The van der Waals surface area contributed by atoms with Gasteiger partial charge >= 0.3 is 0 Å². The number of nitro benzene ring substituents is 1. The van der Waals surface area contributed by atoms with E-state index in [1.54, 1.807) is 0 Å². The van der Waals surface area contributed by atoms with E-state index in [0.29, 0.717) is 4.31 Å². The number of carbonyl (C=O) groups is 1. The predicted molar refractivity (Wildman–Crippen MR) is 93.3 cm³/mol. The SMILES string of the molecule is NC(=O)CN(c1cc(Cl)ccc1Cl)S(=O)(=O)c1cccc([N+](=O)[O-])c1. The molecule has 2 aromatic rings. The molecule has 2 aromatic carbocycles. The van der Waals surface area contributed by atoms with Gasteiger partial charge < -0.3 is 5.73 Å². The van der Waals surface area contributed by atoms with Gasteiger partial charge in [-0.3, -0.25) is 19.2 Å². The molecule has 0 aliphatic rings. The molecule has 0 saturated carbocycles. The average molecular weight is 404 g/mol. The molecule has 1 amide bonds. The Bertz CT molecular complexity index is 949. The molecule has 0 aliphatic carbocycles. The van der Waals surface area contributed by atoms with E-state index in [1.165, 1.54) is 24.3 Å². The third-order valence-corrected chi connectivity index (χ3v) is 5.40. The molecule has 0 aromatic heterocycles. The lowest BCUT2D eigenvalue weighted by atomic mass is 10.3. The van der Waals surface area contributed by atoms with Gasteiger partial charge in [-0.1, -0.05) is 29.3 Å². The molecule has 0 unspecified atom stereocenters. The monoisotopic (exact) mass is 403 g/mol. The van der Waals surface area contributed by atoms with Crippen molar-refractivity contribution in [1.29, 1.82) is 0 Å². The number of primary amides is 1.